The molecule has 1 unspecified atom stereocenters. The highest BCUT2D eigenvalue weighted by molar-refractivity contribution is 5.54. The first kappa shape index (κ1) is 19.6. The fraction of sp³-hybridized carbons (Fsp3) is 0.304. The predicted octanol–water partition coefficient (Wildman–Crippen LogP) is 3.49. The Hall–Kier alpha value is -3.36. The Labute approximate surface area is 180 Å². The van der Waals surface area contributed by atoms with E-state index in [9.17, 15) is 0 Å². The molecule has 3 heterocycles. The zero-order chi connectivity index (χ0) is 21.0. The van der Waals surface area contributed by atoms with E-state index in [0.29, 0.717) is 42.6 Å². The minimum absolute atomic E-state index is 0.345. The van der Waals surface area contributed by atoms with Gasteiger partial charge in [0.1, 0.15) is 0 Å². The Bertz CT molecular complexity index is 1110. The molecular weight excluding hydrogens is 392 g/mol. The first-order valence-corrected chi connectivity index (χ1v) is 10.5. The minimum Gasteiger partial charge on any atom is -0.338 e. The van der Waals surface area contributed by atoms with Crippen molar-refractivity contribution in [3.05, 3.63) is 72.4 Å². The molecule has 0 aliphatic carbocycles. The van der Waals surface area contributed by atoms with Crippen molar-refractivity contribution in [2.24, 2.45) is 0 Å². The van der Waals surface area contributed by atoms with Crippen LogP contribution in [0, 0.1) is 0 Å². The summed E-state index contributed by atoms with van der Waals surface area (Å²) in [7, 11) is 0. The van der Waals surface area contributed by atoms with Crippen molar-refractivity contribution in [3.63, 3.8) is 0 Å². The first-order chi connectivity index (χ1) is 15.2. The van der Waals surface area contributed by atoms with Crippen LogP contribution in [0.15, 0.2) is 69.7 Å². The fourth-order valence-electron chi connectivity index (χ4n) is 3.86. The van der Waals surface area contributed by atoms with Gasteiger partial charge in [0, 0.05) is 36.8 Å². The lowest BCUT2D eigenvalue weighted by Gasteiger charge is -2.38. The van der Waals surface area contributed by atoms with Crippen molar-refractivity contribution in [1.82, 2.24) is 30.1 Å². The second kappa shape index (κ2) is 8.79. The molecule has 31 heavy (non-hydrogen) atoms. The van der Waals surface area contributed by atoms with Crippen molar-refractivity contribution in [1.29, 1.82) is 0 Å². The molecule has 0 saturated carbocycles. The normalized spacial score (nSPS) is 17.8. The topological polar surface area (TPSA) is 84.3 Å². The lowest BCUT2D eigenvalue weighted by atomic mass is 10.2. The van der Waals surface area contributed by atoms with Gasteiger partial charge in [-0.3, -0.25) is 9.80 Å². The van der Waals surface area contributed by atoms with Gasteiger partial charge in [0.25, 0.3) is 0 Å². The number of hydrogen-bond acceptors (Lipinski definition) is 8. The van der Waals surface area contributed by atoms with Gasteiger partial charge in [-0.25, -0.2) is 0 Å². The van der Waals surface area contributed by atoms with E-state index < -0.39 is 0 Å². The Morgan fingerprint density at radius 1 is 0.774 bits per heavy atom. The summed E-state index contributed by atoms with van der Waals surface area (Å²) in [5.41, 5.74) is 1.93. The molecule has 1 aliphatic heterocycles. The smallest absolute Gasteiger partial charge is 0.241 e. The third kappa shape index (κ3) is 4.55. The van der Waals surface area contributed by atoms with Crippen LogP contribution in [-0.4, -0.2) is 55.8 Å². The number of aromatic nitrogens is 4. The van der Waals surface area contributed by atoms with E-state index in [2.05, 4.69) is 37.0 Å². The second-order valence-electron chi connectivity index (χ2n) is 7.81. The lowest BCUT2D eigenvalue weighted by Crippen LogP contribution is -2.51. The molecule has 2 aromatic carbocycles. The highest BCUT2D eigenvalue weighted by Crippen LogP contribution is 2.20. The van der Waals surface area contributed by atoms with Crippen molar-refractivity contribution in [2.45, 2.75) is 26.1 Å². The highest BCUT2D eigenvalue weighted by Gasteiger charge is 2.26. The van der Waals surface area contributed by atoms with Gasteiger partial charge in [0.15, 0.2) is 0 Å². The number of nitrogens with zero attached hydrogens (tertiary/aromatic N) is 6. The monoisotopic (exact) mass is 416 g/mol. The molecule has 158 valence electrons. The third-order valence-electron chi connectivity index (χ3n) is 5.55. The average molecular weight is 416 g/mol. The molecule has 1 atom stereocenters. The molecule has 2 aromatic heterocycles. The van der Waals surface area contributed by atoms with Crippen LogP contribution < -0.4 is 0 Å². The van der Waals surface area contributed by atoms with E-state index in [0.717, 1.165) is 30.8 Å². The molecule has 0 amide bonds. The van der Waals surface area contributed by atoms with E-state index >= 15 is 0 Å². The zero-order valence-electron chi connectivity index (χ0n) is 17.4. The summed E-state index contributed by atoms with van der Waals surface area (Å²) in [6, 6.07) is 20.1. The maximum Gasteiger partial charge on any atom is 0.241 e. The third-order valence-corrected chi connectivity index (χ3v) is 5.55. The molecule has 8 heteroatoms. The average Bonchev–Trinajstić information content (AvgIpc) is 3.47. The van der Waals surface area contributed by atoms with E-state index in [4.69, 9.17) is 9.05 Å². The molecule has 0 spiro atoms. The second-order valence-corrected chi connectivity index (χ2v) is 7.81. The van der Waals surface area contributed by atoms with Gasteiger partial charge < -0.3 is 9.05 Å². The van der Waals surface area contributed by atoms with Crippen LogP contribution in [0.5, 0.6) is 0 Å². The largest absolute Gasteiger partial charge is 0.338 e. The minimum atomic E-state index is 0.345. The van der Waals surface area contributed by atoms with E-state index in [1.54, 1.807) is 0 Å². The lowest BCUT2D eigenvalue weighted by molar-refractivity contribution is 0.0594. The van der Waals surface area contributed by atoms with Crippen LogP contribution >= 0.6 is 0 Å². The van der Waals surface area contributed by atoms with E-state index in [-0.39, 0.29) is 0 Å². The molecule has 1 saturated heterocycles. The zero-order valence-corrected chi connectivity index (χ0v) is 17.4. The van der Waals surface area contributed by atoms with Crippen LogP contribution in [0.4, 0.5) is 0 Å². The molecule has 4 aromatic rings. The summed E-state index contributed by atoms with van der Waals surface area (Å²) in [6.07, 6.45) is 0. The summed E-state index contributed by atoms with van der Waals surface area (Å²) in [6.45, 7) is 6.23. The standard InChI is InChI=1S/C23H24N6O2/c1-17-14-28(15-20-24-22(26-30-20)18-8-4-2-5-9-18)12-13-29(17)16-21-25-23(27-31-21)19-10-6-3-7-11-19/h2-11,17H,12-16H2,1H3. The quantitative estimate of drug-likeness (QED) is 0.472. The van der Waals surface area contributed by atoms with Gasteiger partial charge in [-0.05, 0) is 6.92 Å². The maximum absolute atomic E-state index is 5.49. The summed E-state index contributed by atoms with van der Waals surface area (Å²) in [5.74, 6) is 2.55. The van der Waals surface area contributed by atoms with Crippen LogP contribution in [0.3, 0.4) is 0 Å². The van der Waals surface area contributed by atoms with Crippen molar-refractivity contribution >= 4 is 0 Å². The summed E-state index contributed by atoms with van der Waals surface area (Å²) in [5, 5.41) is 8.24. The first-order valence-electron chi connectivity index (χ1n) is 10.5. The Kier molecular flexibility index (Phi) is 5.56. The molecule has 0 N–H and O–H groups in total. The summed E-state index contributed by atoms with van der Waals surface area (Å²) in [4.78, 5) is 13.8. The van der Waals surface area contributed by atoms with Crippen LogP contribution in [0.1, 0.15) is 18.7 Å². The molecule has 1 aliphatic rings. The molecule has 5 rings (SSSR count). The van der Waals surface area contributed by atoms with Crippen molar-refractivity contribution < 1.29 is 9.05 Å². The van der Waals surface area contributed by atoms with Crippen LogP contribution in [0.2, 0.25) is 0 Å². The Morgan fingerprint density at radius 2 is 1.32 bits per heavy atom. The summed E-state index contributed by atoms with van der Waals surface area (Å²) >= 11 is 0. The molecule has 0 radical (unpaired) electrons. The van der Waals surface area contributed by atoms with Gasteiger partial charge in [-0.1, -0.05) is 71.0 Å². The van der Waals surface area contributed by atoms with Crippen LogP contribution in [-0.2, 0) is 13.1 Å². The van der Waals surface area contributed by atoms with Gasteiger partial charge in [0.2, 0.25) is 23.4 Å². The highest BCUT2D eigenvalue weighted by atomic mass is 16.5. The van der Waals surface area contributed by atoms with Gasteiger partial charge in [-0.15, -0.1) is 0 Å². The number of benzene rings is 2. The number of hydrogen-bond donors (Lipinski definition) is 0. The van der Waals surface area contributed by atoms with E-state index in [1.807, 2.05) is 60.7 Å². The molecule has 8 nitrogen and oxygen atoms in total. The van der Waals surface area contributed by atoms with Gasteiger partial charge in [-0.2, -0.15) is 9.97 Å². The predicted molar refractivity (Wildman–Crippen MR) is 115 cm³/mol. The fourth-order valence-corrected chi connectivity index (χ4v) is 3.86. The van der Waals surface area contributed by atoms with Gasteiger partial charge >= 0.3 is 0 Å². The van der Waals surface area contributed by atoms with E-state index in [1.165, 1.54) is 0 Å². The van der Waals surface area contributed by atoms with Crippen LogP contribution in [0.25, 0.3) is 22.8 Å². The Balaban J connectivity index is 1.17. The van der Waals surface area contributed by atoms with Crippen molar-refractivity contribution in [2.75, 3.05) is 19.6 Å². The molecular formula is C23H24N6O2. The molecule has 1 fully saturated rings. The SMILES string of the molecule is CC1CN(Cc2nc(-c3ccccc3)no2)CCN1Cc1nc(-c2ccccc2)no1. The summed E-state index contributed by atoms with van der Waals surface area (Å²) < 4.78 is 11.0. The number of piperazine rings is 1. The van der Waals surface area contributed by atoms with Gasteiger partial charge in [0.05, 0.1) is 13.1 Å². The Morgan fingerprint density at radius 3 is 1.87 bits per heavy atom. The number of rotatable bonds is 6. The molecule has 0 bridgehead atoms. The van der Waals surface area contributed by atoms with Crippen molar-refractivity contribution in [3.8, 4) is 22.8 Å². The maximum atomic E-state index is 5.49.